The zero-order chi connectivity index (χ0) is 21.5. The highest BCUT2D eigenvalue weighted by Gasteiger charge is 2.26. The van der Waals surface area contributed by atoms with Crippen LogP contribution in [0, 0.1) is 0 Å². The van der Waals surface area contributed by atoms with E-state index < -0.39 is 0 Å². The van der Waals surface area contributed by atoms with Gasteiger partial charge in [-0.1, -0.05) is 60.1 Å². The van der Waals surface area contributed by atoms with Crippen LogP contribution in [0.2, 0.25) is 5.02 Å². The Morgan fingerprint density at radius 1 is 0.938 bits per heavy atom. The molecule has 32 heavy (non-hydrogen) atoms. The lowest BCUT2D eigenvalue weighted by Crippen LogP contribution is -2.11. The Labute approximate surface area is 190 Å². The molecule has 0 spiro atoms. The van der Waals surface area contributed by atoms with Gasteiger partial charge in [-0.05, 0) is 29.8 Å². The summed E-state index contributed by atoms with van der Waals surface area (Å²) < 4.78 is 6.09. The van der Waals surface area contributed by atoms with E-state index in [0.29, 0.717) is 11.6 Å². The van der Waals surface area contributed by atoms with E-state index in [4.69, 9.17) is 16.3 Å². The Morgan fingerprint density at radius 2 is 1.81 bits per heavy atom. The zero-order valence-electron chi connectivity index (χ0n) is 17.0. The van der Waals surface area contributed by atoms with Crippen LogP contribution >= 0.6 is 11.6 Å². The van der Waals surface area contributed by atoms with Crippen molar-refractivity contribution in [3.63, 3.8) is 0 Å². The molecule has 1 unspecified atom stereocenters. The van der Waals surface area contributed by atoms with Gasteiger partial charge in [-0.3, -0.25) is 0 Å². The van der Waals surface area contributed by atoms with Gasteiger partial charge in [0.25, 0.3) is 0 Å². The zero-order valence-corrected chi connectivity index (χ0v) is 17.8. The van der Waals surface area contributed by atoms with Gasteiger partial charge in [-0.15, -0.1) is 5.10 Å². The van der Waals surface area contributed by atoms with E-state index in [1.165, 1.54) is 0 Å². The smallest absolute Gasteiger partial charge is 0.160 e. The summed E-state index contributed by atoms with van der Waals surface area (Å²) in [6.45, 7) is 0.414. The lowest BCUT2D eigenvalue weighted by molar-refractivity contribution is 0.306. The molecule has 5 aromatic rings. The van der Waals surface area contributed by atoms with Crippen molar-refractivity contribution in [3.05, 3.63) is 107 Å². The molecule has 2 N–H and O–H groups in total. The molecule has 0 radical (unpaired) electrons. The van der Waals surface area contributed by atoms with E-state index in [2.05, 4.69) is 44.8 Å². The second-order valence-electron chi connectivity index (χ2n) is 7.80. The minimum Gasteiger partial charge on any atom is -0.489 e. The third-order valence-electron chi connectivity index (χ3n) is 5.88. The summed E-state index contributed by atoms with van der Waals surface area (Å²) in [7, 11) is 0. The molecule has 5 nitrogen and oxygen atoms in total. The number of H-pyrrole nitrogens is 1. The van der Waals surface area contributed by atoms with Gasteiger partial charge in [0.05, 0.1) is 12.2 Å². The average Bonchev–Trinajstić information content (AvgIpc) is 3.20. The van der Waals surface area contributed by atoms with Gasteiger partial charge in [0.15, 0.2) is 5.65 Å². The Balaban J connectivity index is 1.41. The highest BCUT2D eigenvalue weighted by atomic mass is 35.5. The van der Waals surface area contributed by atoms with E-state index in [9.17, 15) is 0 Å². The number of nitrogens with zero attached hydrogens (tertiary/aromatic N) is 2. The number of hydrogen-bond donors (Lipinski definition) is 2. The Hall–Kier alpha value is -3.83. The molecule has 0 saturated heterocycles. The van der Waals surface area contributed by atoms with Gasteiger partial charge < -0.3 is 15.0 Å². The second kappa shape index (κ2) is 7.70. The van der Waals surface area contributed by atoms with Crippen molar-refractivity contribution in [2.45, 2.75) is 12.6 Å². The predicted molar refractivity (Wildman–Crippen MR) is 127 cm³/mol. The maximum atomic E-state index is 6.29. The van der Waals surface area contributed by atoms with Gasteiger partial charge >= 0.3 is 0 Å². The van der Waals surface area contributed by atoms with Crippen molar-refractivity contribution < 1.29 is 4.74 Å². The minimum absolute atomic E-state index is 0.0702. The summed E-state index contributed by atoms with van der Waals surface area (Å²) in [4.78, 5) is 3.29. The van der Waals surface area contributed by atoms with Crippen molar-refractivity contribution in [1.29, 1.82) is 0 Å². The van der Waals surface area contributed by atoms with Gasteiger partial charge in [0.1, 0.15) is 12.4 Å². The molecule has 0 amide bonds. The Morgan fingerprint density at radius 3 is 2.75 bits per heavy atom. The Kier molecular flexibility index (Phi) is 4.55. The highest BCUT2D eigenvalue weighted by molar-refractivity contribution is 6.31. The van der Waals surface area contributed by atoms with Crippen molar-refractivity contribution >= 4 is 28.3 Å². The van der Waals surface area contributed by atoms with Crippen LogP contribution in [-0.2, 0) is 6.61 Å². The molecular formula is C26H19ClN4O. The lowest BCUT2D eigenvalue weighted by Gasteiger charge is -2.20. The quantitative estimate of drug-likeness (QED) is 0.342. The number of ether oxygens (including phenoxy) is 1. The molecule has 6 heteroatoms. The number of nitrogens with one attached hydrogen (secondary N) is 2. The first kappa shape index (κ1) is 18.9. The van der Waals surface area contributed by atoms with Crippen LogP contribution in [0.25, 0.3) is 22.2 Å². The monoisotopic (exact) mass is 438 g/mol. The first-order valence-electron chi connectivity index (χ1n) is 10.4. The molecule has 3 heterocycles. The summed E-state index contributed by atoms with van der Waals surface area (Å²) in [5.74, 6) is 0.793. The summed E-state index contributed by atoms with van der Waals surface area (Å²) >= 11 is 6.29. The molecule has 2 aromatic heterocycles. The van der Waals surface area contributed by atoms with E-state index in [1.807, 2.05) is 60.9 Å². The molecule has 6 rings (SSSR count). The van der Waals surface area contributed by atoms with Crippen molar-refractivity contribution in [2.24, 2.45) is 0 Å². The van der Waals surface area contributed by atoms with Crippen LogP contribution in [0.1, 0.15) is 22.7 Å². The molecular weight excluding hydrogens is 420 g/mol. The van der Waals surface area contributed by atoms with Crippen LogP contribution in [-0.4, -0.2) is 15.2 Å². The summed E-state index contributed by atoms with van der Waals surface area (Å²) in [6.07, 6.45) is 3.86. The maximum Gasteiger partial charge on any atom is 0.160 e. The molecule has 0 bridgehead atoms. The average molecular weight is 439 g/mol. The number of anilines is 1. The number of fused-ring (bicyclic) bond motifs is 2. The number of aromatic amines is 1. The number of halogens is 1. The summed E-state index contributed by atoms with van der Waals surface area (Å²) in [5, 5.41) is 14.0. The molecule has 1 aliphatic heterocycles. The van der Waals surface area contributed by atoms with Gasteiger partial charge in [-0.2, -0.15) is 5.10 Å². The number of para-hydroxylation sites is 1. The number of aromatic nitrogens is 3. The van der Waals surface area contributed by atoms with E-state index in [0.717, 1.165) is 50.3 Å². The number of hydrogen-bond acceptors (Lipinski definition) is 4. The first-order valence-corrected chi connectivity index (χ1v) is 10.8. The van der Waals surface area contributed by atoms with Gasteiger partial charge in [-0.25, -0.2) is 0 Å². The van der Waals surface area contributed by atoms with Crippen molar-refractivity contribution in [2.75, 3.05) is 5.32 Å². The molecule has 1 aliphatic rings. The molecule has 0 saturated carbocycles. The van der Waals surface area contributed by atoms with Crippen LogP contribution in [0.3, 0.4) is 0 Å². The van der Waals surface area contributed by atoms with E-state index >= 15 is 0 Å². The topological polar surface area (TPSA) is 62.8 Å². The summed E-state index contributed by atoms with van der Waals surface area (Å²) in [5.41, 5.74) is 7.22. The fourth-order valence-corrected chi connectivity index (χ4v) is 4.52. The van der Waals surface area contributed by atoms with Crippen molar-refractivity contribution in [1.82, 2.24) is 15.2 Å². The molecule has 0 aliphatic carbocycles. The third kappa shape index (κ3) is 3.18. The predicted octanol–water partition coefficient (Wildman–Crippen LogP) is 6.37. The largest absolute Gasteiger partial charge is 0.489 e. The van der Waals surface area contributed by atoms with Crippen LogP contribution < -0.4 is 10.1 Å². The minimum atomic E-state index is -0.0702. The molecule has 0 fully saturated rings. The SMILES string of the molecule is Clc1ccccc1COc1cccc(C2Nc3ccccc3-c3cnnc4[nH]cc2c34)c1. The van der Waals surface area contributed by atoms with Gasteiger partial charge in [0, 0.05) is 44.5 Å². The maximum absolute atomic E-state index is 6.29. The van der Waals surface area contributed by atoms with Crippen LogP contribution in [0.15, 0.2) is 85.2 Å². The van der Waals surface area contributed by atoms with Crippen LogP contribution in [0.5, 0.6) is 5.75 Å². The van der Waals surface area contributed by atoms with Crippen molar-refractivity contribution in [3.8, 4) is 16.9 Å². The van der Waals surface area contributed by atoms with Crippen LogP contribution in [0.4, 0.5) is 5.69 Å². The second-order valence-corrected chi connectivity index (χ2v) is 8.21. The van der Waals surface area contributed by atoms with E-state index in [-0.39, 0.29) is 6.04 Å². The number of benzene rings is 3. The van der Waals surface area contributed by atoms with Gasteiger partial charge in [0.2, 0.25) is 0 Å². The third-order valence-corrected chi connectivity index (χ3v) is 6.24. The number of rotatable bonds is 4. The highest BCUT2D eigenvalue weighted by Crippen LogP contribution is 2.43. The Bertz CT molecular complexity index is 1450. The molecule has 3 aromatic carbocycles. The normalized spacial score (nSPS) is 14.5. The van der Waals surface area contributed by atoms with E-state index in [1.54, 1.807) is 0 Å². The molecule has 156 valence electrons. The standard InChI is InChI=1S/C26H19ClN4O/c27-22-10-3-1-6-17(22)15-32-18-8-5-7-16(12-18)25-21-13-28-26-24(21)20(14-29-31-26)19-9-2-4-11-23(19)30-25/h1-14,25,30H,15H2,(H,28,31). The fourth-order valence-electron chi connectivity index (χ4n) is 4.33. The first-order chi connectivity index (χ1) is 15.8. The lowest BCUT2D eigenvalue weighted by atomic mass is 9.97. The molecule has 1 atom stereocenters. The fraction of sp³-hybridized carbons (Fsp3) is 0.0769. The summed E-state index contributed by atoms with van der Waals surface area (Å²) in [6, 6.07) is 24.1.